The summed E-state index contributed by atoms with van der Waals surface area (Å²) in [4.78, 5) is 17.4. The van der Waals surface area contributed by atoms with Gasteiger partial charge in [0.1, 0.15) is 11.5 Å². The lowest BCUT2D eigenvalue weighted by atomic mass is 9.95. The van der Waals surface area contributed by atoms with Crippen molar-refractivity contribution in [3.05, 3.63) is 88.3 Å². The fourth-order valence-corrected chi connectivity index (χ4v) is 4.29. The van der Waals surface area contributed by atoms with Gasteiger partial charge in [0.15, 0.2) is 0 Å². The highest BCUT2D eigenvalue weighted by Crippen LogP contribution is 2.30. The Morgan fingerprint density at radius 3 is 2.83 bits per heavy atom. The Labute approximate surface area is 170 Å². The van der Waals surface area contributed by atoms with Gasteiger partial charge in [-0.05, 0) is 73.6 Å². The molecule has 0 radical (unpaired) electrons. The normalized spacial score (nSPS) is 13.2. The number of carbonyl (C=O) groups excluding carboxylic acids is 1. The average Bonchev–Trinajstić information content (AvgIpc) is 3.01. The molecule has 3 aromatic rings. The Morgan fingerprint density at radius 1 is 1.17 bits per heavy atom. The molecule has 1 aliphatic rings. The molecule has 150 valence electrons. The highest BCUT2D eigenvalue weighted by Gasteiger charge is 2.26. The quantitative estimate of drug-likeness (QED) is 0.684. The number of fused-ring (bicyclic) bond motifs is 1. The molecule has 1 aromatic carbocycles. The van der Waals surface area contributed by atoms with Crippen molar-refractivity contribution < 1.29 is 9.18 Å². The summed E-state index contributed by atoms with van der Waals surface area (Å²) in [5, 5.41) is 3.06. The molecule has 0 saturated heterocycles. The first-order valence-electron chi connectivity index (χ1n) is 10.3. The zero-order valence-electron chi connectivity index (χ0n) is 16.7. The van der Waals surface area contributed by atoms with Gasteiger partial charge in [0.25, 0.3) is 5.91 Å². The molecule has 4 nitrogen and oxygen atoms in total. The first-order chi connectivity index (χ1) is 14.1. The minimum absolute atomic E-state index is 0.0655. The van der Waals surface area contributed by atoms with E-state index in [2.05, 4.69) is 14.9 Å². The van der Waals surface area contributed by atoms with Crippen molar-refractivity contribution in [2.45, 2.75) is 45.6 Å². The zero-order valence-corrected chi connectivity index (χ0v) is 16.7. The Balaban J connectivity index is 1.59. The second-order valence-corrected chi connectivity index (χ2v) is 7.65. The van der Waals surface area contributed by atoms with E-state index in [1.165, 1.54) is 17.3 Å². The molecule has 1 amide bonds. The fourth-order valence-electron chi connectivity index (χ4n) is 4.29. The summed E-state index contributed by atoms with van der Waals surface area (Å²) in [5.74, 6) is -0.314. The Hall–Kier alpha value is -2.95. The van der Waals surface area contributed by atoms with Gasteiger partial charge >= 0.3 is 0 Å². The number of rotatable bonds is 6. The van der Waals surface area contributed by atoms with Crippen LogP contribution in [0.3, 0.4) is 0 Å². The molecular formula is C24H26FN3O. The van der Waals surface area contributed by atoms with Gasteiger partial charge in [-0.2, -0.15) is 0 Å². The molecule has 0 aliphatic heterocycles. The molecule has 0 bridgehead atoms. The number of halogens is 1. The van der Waals surface area contributed by atoms with Crippen LogP contribution < -0.4 is 5.32 Å². The number of aromatic nitrogens is 2. The largest absolute Gasteiger partial charge is 0.350 e. The summed E-state index contributed by atoms with van der Waals surface area (Å²) < 4.78 is 15.8. The topological polar surface area (TPSA) is 46.9 Å². The van der Waals surface area contributed by atoms with E-state index in [1.54, 1.807) is 18.3 Å². The molecule has 2 heterocycles. The summed E-state index contributed by atoms with van der Waals surface area (Å²) >= 11 is 0. The maximum atomic E-state index is 13.7. The van der Waals surface area contributed by atoms with Crippen LogP contribution in [0.5, 0.6) is 0 Å². The minimum atomic E-state index is -0.249. The predicted octanol–water partition coefficient (Wildman–Crippen LogP) is 4.23. The van der Waals surface area contributed by atoms with E-state index in [1.807, 2.05) is 31.2 Å². The molecule has 2 aromatic heterocycles. The summed E-state index contributed by atoms with van der Waals surface area (Å²) in [6, 6.07) is 12.4. The number of hydrogen-bond acceptors (Lipinski definition) is 2. The Kier molecular flexibility index (Phi) is 5.74. The smallest absolute Gasteiger partial charge is 0.268 e. The minimum Gasteiger partial charge on any atom is -0.350 e. The van der Waals surface area contributed by atoms with Crippen molar-refractivity contribution in [2.75, 3.05) is 6.54 Å². The van der Waals surface area contributed by atoms with E-state index in [4.69, 9.17) is 0 Å². The number of hydrogen-bond donors (Lipinski definition) is 1. The maximum absolute atomic E-state index is 13.7. The molecule has 1 N–H and O–H groups in total. The first kappa shape index (κ1) is 19.4. The van der Waals surface area contributed by atoms with Crippen molar-refractivity contribution in [3.8, 4) is 0 Å². The van der Waals surface area contributed by atoms with E-state index in [9.17, 15) is 9.18 Å². The van der Waals surface area contributed by atoms with E-state index < -0.39 is 0 Å². The summed E-state index contributed by atoms with van der Waals surface area (Å²) in [5.41, 5.74) is 6.12. The highest BCUT2D eigenvalue weighted by molar-refractivity contribution is 5.95. The van der Waals surface area contributed by atoms with E-state index in [0.29, 0.717) is 25.2 Å². The molecule has 1 aliphatic carbocycles. The van der Waals surface area contributed by atoms with Gasteiger partial charge in [0.05, 0.1) is 0 Å². The Morgan fingerprint density at radius 2 is 2.03 bits per heavy atom. The summed E-state index contributed by atoms with van der Waals surface area (Å²) in [6.45, 7) is 3.09. The molecule has 29 heavy (non-hydrogen) atoms. The van der Waals surface area contributed by atoms with Crippen LogP contribution in [0.1, 0.15) is 51.4 Å². The number of pyridine rings is 1. The zero-order chi connectivity index (χ0) is 20.2. The molecule has 0 fully saturated rings. The van der Waals surface area contributed by atoms with Crippen molar-refractivity contribution in [3.63, 3.8) is 0 Å². The van der Waals surface area contributed by atoms with Crippen molar-refractivity contribution >= 4 is 5.91 Å². The molecule has 4 rings (SSSR count). The average molecular weight is 391 g/mol. The van der Waals surface area contributed by atoms with Crippen LogP contribution in [0.2, 0.25) is 0 Å². The number of nitrogens with one attached hydrogen (secondary N) is 1. The van der Waals surface area contributed by atoms with Crippen LogP contribution in [0.4, 0.5) is 4.39 Å². The summed E-state index contributed by atoms with van der Waals surface area (Å²) in [6.07, 6.45) is 6.70. The van der Waals surface area contributed by atoms with Gasteiger partial charge in [-0.1, -0.05) is 18.2 Å². The lowest BCUT2D eigenvalue weighted by molar-refractivity contribution is 0.0944. The number of nitrogens with zero attached hydrogens (tertiary/aromatic N) is 2. The molecule has 0 saturated carbocycles. The lowest BCUT2D eigenvalue weighted by Gasteiger charge is -2.17. The standard InChI is InChI=1S/C24H26FN3O/c1-17-21-10-2-3-11-22(21)28(16-18-7-6-8-19(25)15-18)23(17)24(29)27-14-12-20-9-4-5-13-26-20/h4-9,13,15H,2-3,10-12,14,16H2,1H3,(H,27,29). The number of amides is 1. The van der Waals surface area contributed by atoms with E-state index in [0.717, 1.165) is 42.5 Å². The van der Waals surface area contributed by atoms with Gasteiger partial charge in [-0.25, -0.2) is 4.39 Å². The third-order valence-electron chi connectivity index (χ3n) is 5.68. The monoisotopic (exact) mass is 391 g/mol. The van der Waals surface area contributed by atoms with Crippen molar-refractivity contribution in [2.24, 2.45) is 0 Å². The van der Waals surface area contributed by atoms with Crippen LogP contribution in [0.15, 0.2) is 48.7 Å². The van der Waals surface area contributed by atoms with Crippen LogP contribution >= 0.6 is 0 Å². The van der Waals surface area contributed by atoms with Crippen LogP contribution in [-0.2, 0) is 25.8 Å². The van der Waals surface area contributed by atoms with Gasteiger partial charge in [0.2, 0.25) is 0 Å². The first-order valence-corrected chi connectivity index (χ1v) is 10.3. The third-order valence-corrected chi connectivity index (χ3v) is 5.68. The maximum Gasteiger partial charge on any atom is 0.268 e. The number of carbonyl (C=O) groups is 1. The van der Waals surface area contributed by atoms with Gasteiger partial charge in [-0.15, -0.1) is 0 Å². The molecule has 5 heteroatoms. The number of benzene rings is 1. The second-order valence-electron chi connectivity index (χ2n) is 7.65. The second kappa shape index (κ2) is 8.60. The fraction of sp³-hybridized carbons (Fsp3) is 0.333. The van der Waals surface area contributed by atoms with Gasteiger partial charge in [-0.3, -0.25) is 9.78 Å². The predicted molar refractivity (Wildman–Crippen MR) is 112 cm³/mol. The Bertz CT molecular complexity index is 1010. The van der Waals surface area contributed by atoms with Gasteiger partial charge in [0, 0.05) is 37.1 Å². The van der Waals surface area contributed by atoms with Crippen LogP contribution in [0, 0.1) is 12.7 Å². The van der Waals surface area contributed by atoms with E-state index >= 15 is 0 Å². The molecule has 0 unspecified atom stereocenters. The van der Waals surface area contributed by atoms with Gasteiger partial charge < -0.3 is 9.88 Å². The molecule has 0 atom stereocenters. The van der Waals surface area contributed by atoms with E-state index in [-0.39, 0.29) is 11.7 Å². The van der Waals surface area contributed by atoms with Crippen molar-refractivity contribution in [1.82, 2.24) is 14.9 Å². The molecular weight excluding hydrogens is 365 g/mol. The lowest BCUT2D eigenvalue weighted by Crippen LogP contribution is -2.29. The van der Waals surface area contributed by atoms with Crippen molar-refractivity contribution in [1.29, 1.82) is 0 Å². The summed E-state index contributed by atoms with van der Waals surface area (Å²) in [7, 11) is 0. The van der Waals surface area contributed by atoms with Crippen LogP contribution in [-0.4, -0.2) is 22.0 Å². The van der Waals surface area contributed by atoms with Crippen LogP contribution in [0.25, 0.3) is 0 Å². The highest BCUT2D eigenvalue weighted by atomic mass is 19.1. The SMILES string of the molecule is Cc1c2c(n(Cc3cccc(F)c3)c1C(=O)NCCc1ccccn1)CCCC2. The molecule has 0 spiro atoms. The third kappa shape index (κ3) is 4.24.